The van der Waals surface area contributed by atoms with Crippen LogP contribution in [0.25, 0.3) is 0 Å². The van der Waals surface area contributed by atoms with Gasteiger partial charge in [-0.3, -0.25) is 0 Å². The number of nitrogens with one attached hydrogen (secondary N) is 1. The molecule has 1 N–H and O–H groups in total. The number of hydrogen-bond acceptors (Lipinski definition) is 4. The molecule has 0 radical (unpaired) electrons. The van der Waals surface area contributed by atoms with Gasteiger partial charge in [-0.25, -0.2) is 25.9 Å². The SMILES string of the molecule is CC(C)(NS(=O)(=O)c1ccc(S(=O)(=O)Cl)cc1F)C1CC1. The van der Waals surface area contributed by atoms with Gasteiger partial charge < -0.3 is 0 Å². The molecule has 0 heterocycles. The third kappa shape index (κ3) is 3.74. The molecule has 0 saturated heterocycles. The second-order valence-corrected chi connectivity index (χ2v) is 9.85. The predicted molar refractivity (Wildman–Crippen MR) is 76.6 cm³/mol. The van der Waals surface area contributed by atoms with Crippen LogP contribution in [0, 0.1) is 11.7 Å². The maximum atomic E-state index is 13.9. The maximum Gasteiger partial charge on any atom is 0.261 e. The highest BCUT2D eigenvalue weighted by Gasteiger charge is 2.41. The Hall–Kier alpha value is -0.700. The van der Waals surface area contributed by atoms with Crippen LogP contribution in [0.1, 0.15) is 26.7 Å². The average molecular weight is 356 g/mol. The number of rotatable bonds is 5. The molecule has 1 fully saturated rings. The molecule has 1 aliphatic rings. The molecule has 21 heavy (non-hydrogen) atoms. The summed E-state index contributed by atoms with van der Waals surface area (Å²) in [6.45, 7) is 3.47. The first-order valence-corrected chi connectivity index (χ1v) is 10.0. The van der Waals surface area contributed by atoms with E-state index in [-0.39, 0.29) is 5.92 Å². The summed E-state index contributed by atoms with van der Waals surface area (Å²) in [5.74, 6) is -0.936. The van der Waals surface area contributed by atoms with Gasteiger partial charge >= 0.3 is 0 Å². The molecule has 1 aliphatic carbocycles. The molecule has 9 heteroatoms. The van der Waals surface area contributed by atoms with Crippen LogP contribution in [0.2, 0.25) is 0 Å². The van der Waals surface area contributed by atoms with Crippen molar-refractivity contribution in [1.29, 1.82) is 0 Å². The van der Waals surface area contributed by atoms with Gasteiger partial charge in [0.2, 0.25) is 10.0 Å². The van der Waals surface area contributed by atoms with Crippen LogP contribution in [0.5, 0.6) is 0 Å². The van der Waals surface area contributed by atoms with Gasteiger partial charge in [0.05, 0.1) is 4.90 Å². The molecule has 118 valence electrons. The van der Waals surface area contributed by atoms with E-state index in [1.807, 2.05) is 0 Å². The highest BCUT2D eigenvalue weighted by molar-refractivity contribution is 8.13. The zero-order chi connectivity index (χ0) is 16.1. The van der Waals surface area contributed by atoms with Crippen LogP contribution in [0.3, 0.4) is 0 Å². The van der Waals surface area contributed by atoms with E-state index < -0.39 is 40.2 Å². The standard InChI is InChI=1S/C12H15ClFNO4S2/c1-12(2,8-3-4-8)15-21(18,19)11-6-5-9(7-10(11)14)20(13,16)17/h5-8,15H,3-4H2,1-2H3. The predicted octanol–water partition coefficient (Wildman–Crippen LogP) is 2.22. The van der Waals surface area contributed by atoms with Crippen LogP contribution >= 0.6 is 10.7 Å². The smallest absolute Gasteiger partial charge is 0.207 e. The topological polar surface area (TPSA) is 80.3 Å². The Morgan fingerprint density at radius 3 is 2.24 bits per heavy atom. The lowest BCUT2D eigenvalue weighted by molar-refractivity contribution is 0.399. The van der Waals surface area contributed by atoms with Gasteiger partial charge in [0, 0.05) is 16.2 Å². The number of benzene rings is 1. The fraction of sp³-hybridized carbons (Fsp3) is 0.500. The van der Waals surface area contributed by atoms with Gasteiger partial charge in [-0.15, -0.1) is 0 Å². The van der Waals surface area contributed by atoms with Crippen LogP contribution in [0.4, 0.5) is 4.39 Å². The Labute approximate surface area is 128 Å². The Morgan fingerprint density at radius 1 is 1.24 bits per heavy atom. The Bertz CT molecular complexity index is 770. The number of sulfonamides is 1. The van der Waals surface area contributed by atoms with Gasteiger partial charge in [0.15, 0.2) is 0 Å². The van der Waals surface area contributed by atoms with Crippen LogP contribution in [-0.2, 0) is 19.1 Å². The second kappa shape index (κ2) is 5.19. The van der Waals surface area contributed by atoms with Crippen molar-refractivity contribution >= 4 is 29.8 Å². The third-order valence-electron chi connectivity index (χ3n) is 3.47. The van der Waals surface area contributed by atoms with Crippen LogP contribution in [0.15, 0.2) is 28.0 Å². The molecule has 0 unspecified atom stereocenters. The molecular weight excluding hydrogens is 341 g/mol. The summed E-state index contributed by atoms with van der Waals surface area (Å²) < 4.78 is 63.1. The minimum atomic E-state index is -4.11. The molecule has 5 nitrogen and oxygen atoms in total. The zero-order valence-electron chi connectivity index (χ0n) is 11.4. The Kier molecular flexibility index (Phi) is 4.12. The van der Waals surface area contributed by atoms with Crippen molar-refractivity contribution in [2.24, 2.45) is 5.92 Å². The summed E-state index contributed by atoms with van der Waals surface area (Å²) >= 11 is 0. The molecule has 0 atom stereocenters. The molecule has 1 saturated carbocycles. The van der Waals surface area contributed by atoms with E-state index in [4.69, 9.17) is 10.7 Å². The number of halogens is 2. The largest absolute Gasteiger partial charge is 0.261 e. The summed E-state index contributed by atoms with van der Waals surface area (Å²) in [5, 5.41) is 0. The summed E-state index contributed by atoms with van der Waals surface area (Å²) in [7, 11) is -3.09. The first-order valence-electron chi connectivity index (χ1n) is 6.22. The second-order valence-electron chi connectivity index (χ2n) is 5.63. The highest BCUT2D eigenvalue weighted by atomic mass is 35.7. The van der Waals surface area contributed by atoms with Gasteiger partial charge in [-0.05, 0) is 50.8 Å². The first-order chi connectivity index (χ1) is 9.43. The fourth-order valence-corrected chi connectivity index (χ4v) is 4.44. The Morgan fingerprint density at radius 2 is 1.81 bits per heavy atom. The molecule has 0 bridgehead atoms. The lowest BCUT2D eigenvalue weighted by Gasteiger charge is -2.25. The van der Waals surface area contributed by atoms with E-state index in [1.54, 1.807) is 13.8 Å². The maximum absolute atomic E-state index is 13.9. The molecule has 2 rings (SSSR count). The van der Waals surface area contributed by atoms with Crippen LogP contribution < -0.4 is 4.72 Å². The van der Waals surface area contributed by atoms with Crippen LogP contribution in [-0.4, -0.2) is 22.4 Å². The minimum Gasteiger partial charge on any atom is -0.207 e. The van der Waals surface area contributed by atoms with E-state index in [1.165, 1.54) is 0 Å². The summed E-state index contributed by atoms with van der Waals surface area (Å²) in [4.78, 5) is -1.08. The lowest BCUT2D eigenvalue weighted by Crippen LogP contribution is -2.45. The lowest BCUT2D eigenvalue weighted by atomic mass is 10.0. The van der Waals surface area contributed by atoms with Gasteiger partial charge in [-0.2, -0.15) is 0 Å². The zero-order valence-corrected chi connectivity index (χ0v) is 13.8. The quantitative estimate of drug-likeness (QED) is 0.821. The molecule has 1 aromatic rings. The summed E-state index contributed by atoms with van der Waals surface area (Å²) in [6.07, 6.45) is 1.84. The van der Waals surface area contributed by atoms with Gasteiger partial charge in [0.1, 0.15) is 10.7 Å². The average Bonchev–Trinajstić information content (AvgIpc) is 3.09. The summed E-state index contributed by atoms with van der Waals surface area (Å²) in [6, 6.07) is 2.46. The van der Waals surface area contributed by atoms with E-state index >= 15 is 0 Å². The molecule has 0 amide bonds. The van der Waals surface area contributed by atoms with Crippen molar-refractivity contribution < 1.29 is 21.2 Å². The molecule has 0 aromatic heterocycles. The normalized spacial score (nSPS) is 17.0. The molecular formula is C12H15ClFNO4S2. The van der Waals surface area contributed by atoms with Crippen molar-refractivity contribution in [2.75, 3.05) is 0 Å². The van der Waals surface area contributed by atoms with Crippen molar-refractivity contribution in [1.82, 2.24) is 4.72 Å². The molecule has 0 spiro atoms. The fourth-order valence-electron chi connectivity index (χ4n) is 2.14. The van der Waals surface area contributed by atoms with E-state index in [0.29, 0.717) is 6.07 Å². The van der Waals surface area contributed by atoms with Gasteiger partial charge in [0.25, 0.3) is 9.05 Å². The van der Waals surface area contributed by atoms with E-state index in [2.05, 4.69) is 4.72 Å². The summed E-state index contributed by atoms with van der Waals surface area (Å²) in [5.41, 5.74) is -0.678. The molecule has 1 aromatic carbocycles. The van der Waals surface area contributed by atoms with Crippen molar-refractivity contribution in [3.05, 3.63) is 24.0 Å². The first kappa shape index (κ1) is 16.7. The highest BCUT2D eigenvalue weighted by Crippen LogP contribution is 2.40. The van der Waals surface area contributed by atoms with Crippen molar-refractivity contribution in [3.63, 3.8) is 0 Å². The van der Waals surface area contributed by atoms with E-state index in [0.717, 1.165) is 25.0 Å². The van der Waals surface area contributed by atoms with Crippen molar-refractivity contribution in [2.45, 2.75) is 42.0 Å². The molecule has 0 aliphatic heterocycles. The third-order valence-corrected chi connectivity index (χ3v) is 6.53. The Balaban J connectivity index is 2.37. The monoisotopic (exact) mass is 355 g/mol. The minimum absolute atomic E-state index is 0.220. The van der Waals surface area contributed by atoms with Crippen molar-refractivity contribution in [3.8, 4) is 0 Å². The number of hydrogen-bond donors (Lipinski definition) is 1. The van der Waals surface area contributed by atoms with E-state index in [9.17, 15) is 21.2 Å². The van der Waals surface area contributed by atoms with Gasteiger partial charge in [-0.1, -0.05) is 0 Å².